The SMILES string of the molecule is N[C@@H]1CN(c2nc3cc(F)c(F)cc3n2CC(=O)N2CCC3CC32)CC[C@H]1F. The molecule has 0 bridgehead atoms. The maximum atomic E-state index is 13.9. The number of aromatic nitrogens is 2. The number of imidazole rings is 1. The quantitative estimate of drug-likeness (QED) is 0.864. The van der Waals surface area contributed by atoms with Gasteiger partial charge >= 0.3 is 0 Å². The number of fused-ring (bicyclic) bond motifs is 2. The topological polar surface area (TPSA) is 67.4 Å². The van der Waals surface area contributed by atoms with Crippen molar-refractivity contribution in [2.75, 3.05) is 24.5 Å². The molecule has 2 saturated heterocycles. The Morgan fingerprint density at radius 1 is 1.21 bits per heavy atom. The van der Waals surface area contributed by atoms with E-state index < -0.39 is 23.8 Å². The van der Waals surface area contributed by atoms with Gasteiger partial charge < -0.3 is 20.1 Å². The van der Waals surface area contributed by atoms with E-state index in [1.807, 2.05) is 4.90 Å². The summed E-state index contributed by atoms with van der Waals surface area (Å²) < 4.78 is 43.0. The summed E-state index contributed by atoms with van der Waals surface area (Å²) in [6.45, 7) is 1.34. The predicted molar refractivity (Wildman–Crippen MR) is 97.6 cm³/mol. The molecule has 2 unspecified atom stereocenters. The van der Waals surface area contributed by atoms with Crippen LogP contribution in [0.15, 0.2) is 12.1 Å². The number of halogens is 3. The van der Waals surface area contributed by atoms with E-state index in [1.54, 1.807) is 9.47 Å². The fourth-order valence-electron chi connectivity index (χ4n) is 4.57. The van der Waals surface area contributed by atoms with Gasteiger partial charge in [-0.3, -0.25) is 4.79 Å². The monoisotopic (exact) mass is 393 g/mol. The maximum absolute atomic E-state index is 13.9. The van der Waals surface area contributed by atoms with Crippen LogP contribution in [0.3, 0.4) is 0 Å². The number of carbonyl (C=O) groups is 1. The van der Waals surface area contributed by atoms with Crippen molar-refractivity contribution in [1.29, 1.82) is 0 Å². The van der Waals surface area contributed by atoms with Crippen LogP contribution in [0.4, 0.5) is 19.1 Å². The number of amides is 1. The minimum absolute atomic E-state index is 0.00901. The van der Waals surface area contributed by atoms with Crippen molar-refractivity contribution in [1.82, 2.24) is 14.5 Å². The molecule has 0 spiro atoms. The lowest BCUT2D eigenvalue weighted by Gasteiger charge is -2.34. The molecule has 150 valence electrons. The Morgan fingerprint density at radius 3 is 2.68 bits per heavy atom. The lowest BCUT2D eigenvalue weighted by molar-refractivity contribution is -0.131. The molecule has 1 aromatic heterocycles. The van der Waals surface area contributed by atoms with E-state index in [0.717, 1.165) is 31.5 Å². The zero-order chi connectivity index (χ0) is 19.6. The van der Waals surface area contributed by atoms with Gasteiger partial charge in [0.25, 0.3) is 0 Å². The van der Waals surface area contributed by atoms with E-state index in [1.165, 1.54) is 0 Å². The van der Waals surface area contributed by atoms with Gasteiger partial charge in [-0.1, -0.05) is 0 Å². The van der Waals surface area contributed by atoms with E-state index in [4.69, 9.17) is 5.73 Å². The Labute approximate surface area is 160 Å². The largest absolute Gasteiger partial charge is 0.340 e. The van der Waals surface area contributed by atoms with Crippen LogP contribution in [0.2, 0.25) is 0 Å². The third kappa shape index (κ3) is 2.83. The van der Waals surface area contributed by atoms with Crippen molar-refractivity contribution >= 4 is 22.9 Å². The second kappa shape index (κ2) is 6.37. The molecule has 5 rings (SSSR count). The molecule has 28 heavy (non-hydrogen) atoms. The zero-order valence-electron chi connectivity index (χ0n) is 15.3. The highest BCUT2D eigenvalue weighted by atomic mass is 19.2. The average Bonchev–Trinajstić information content (AvgIpc) is 3.19. The Bertz CT molecular complexity index is 947. The number of hydrogen-bond acceptors (Lipinski definition) is 4. The number of alkyl halides is 1. The third-order valence-corrected chi connectivity index (χ3v) is 6.26. The highest BCUT2D eigenvalue weighted by molar-refractivity contribution is 5.84. The third-order valence-electron chi connectivity index (χ3n) is 6.26. The number of nitrogens with zero attached hydrogens (tertiary/aromatic N) is 4. The van der Waals surface area contributed by atoms with Crippen molar-refractivity contribution in [2.45, 2.75) is 44.1 Å². The summed E-state index contributed by atoms with van der Waals surface area (Å²) >= 11 is 0. The summed E-state index contributed by atoms with van der Waals surface area (Å²) in [5.41, 5.74) is 6.49. The summed E-state index contributed by atoms with van der Waals surface area (Å²) in [6.07, 6.45) is 1.22. The second-order valence-corrected chi connectivity index (χ2v) is 8.11. The van der Waals surface area contributed by atoms with Gasteiger partial charge in [0.1, 0.15) is 12.7 Å². The van der Waals surface area contributed by atoms with Gasteiger partial charge in [0.05, 0.1) is 17.1 Å². The Kier molecular flexibility index (Phi) is 4.04. The molecular weight excluding hydrogens is 371 g/mol. The number of piperidine rings is 2. The molecule has 3 aliphatic rings. The van der Waals surface area contributed by atoms with Crippen molar-refractivity contribution < 1.29 is 18.0 Å². The van der Waals surface area contributed by atoms with Crippen LogP contribution in [0.5, 0.6) is 0 Å². The highest BCUT2D eigenvalue weighted by Gasteiger charge is 2.48. The number of benzene rings is 1. The first-order valence-electron chi connectivity index (χ1n) is 9.71. The Hall–Kier alpha value is -2.29. The van der Waals surface area contributed by atoms with Crippen LogP contribution in [0.1, 0.15) is 19.3 Å². The number of likely N-dealkylation sites (tertiary alicyclic amines) is 1. The number of anilines is 1. The number of carbonyl (C=O) groups excluding carboxylic acids is 1. The van der Waals surface area contributed by atoms with Gasteiger partial charge in [-0.25, -0.2) is 18.2 Å². The van der Waals surface area contributed by atoms with Gasteiger partial charge in [-0.2, -0.15) is 0 Å². The van der Waals surface area contributed by atoms with Gasteiger partial charge in [-0.05, 0) is 25.2 Å². The summed E-state index contributed by atoms with van der Waals surface area (Å²) in [7, 11) is 0. The molecule has 1 amide bonds. The predicted octanol–water partition coefficient (Wildman–Crippen LogP) is 1.81. The van der Waals surface area contributed by atoms with Crippen LogP contribution in [0, 0.1) is 17.6 Å². The minimum atomic E-state index is -1.10. The fraction of sp³-hybridized carbons (Fsp3) is 0.579. The van der Waals surface area contributed by atoms with Crippen molar-refractivity contribution in [3.63, 3.8) is 0 Å². The summed E-state index contributed by atoms with van der Waals surface area (Å²) in [5.74, 6) is -1.02. The van der Waals surface area contributed by atoms with Crippen LogP contribution in [-0.4, -0.2) is 58.2 Å². The standard InChI is InChI=1S/C19H22F3N5O/c20-11-2-3-25(8-14(11)23)19-24-15-6-12(21)13(22)7-17(15)27(19)9-18(28)26-4-1-10-5-16(10)26/h6-7,10-11,14,16H,1-5,8-9,23H2/t10?,11-,14-,16?/m1/s1. The van der Waals surface area contributed by atoms with Crippen LogP contribution >= 0.6 is 0 Å². The minimum Gasteiger partial charge on any atom is -0.340 e. The summed E-state index contributed by atoms with van der Waals surface area (Å²) in [5, 5.41) is 0. The number of nitrogens with two attached hydrogens (primary N) is 1. The molecule has 2 N–H and O–H groups in total. The first-order chi connectivity index (χ1) is 13.4. The highest BCUT2D eigenvalue weighted by Crippen LogP contribution is 2.44. The van der Waals surface area contributed by atoms with Crippen LogP contribution in [0.25, 0.3) is 11.0 Å². The molecule has 2 aliphatic heterocycles. The van der Waals surface area contributed by atoms with E-state index in [0.29, 0.717) is 30.0 Å². The first kappa shape index (κ1) is 17.8. The molecule has 3 fully saturated rings. The van der Waals surface area contributed by atoms with E-state index in [2.05, 4.69) is 4.98 Å². The molecule has 1 aliphatic carbocycles. The maximum Gasteiger partial charge on any atom is 0.242 e. The smallest absolute Gasteiger partial charge is 0.242 e. The normalized spacial score (nSPS) is 29.4. The van der Waals surface area contributed by atoms with E-state index in [-0.39, 0.29) is 30.9 Å². The van der Waals surface area contributed by atoms with Gasteiger partial charge in [0.15, 0.2) is 11.6 Å². The zero-order valence-corrected chi connectivity index (χ0v) is 15.3. The first-order valence-corrected chi connectivity index (χ1v) is 9.71. The molecule has 2 aromatic rings. The second-order valence-electron chi connectivity index (χ2n) is 8.11. The Morgan fingerprint density at radius 2 is 2.00 bits per heavy atom. The van der Waals surface area contributed by atoms with Gasteiger partial charge in [-0.15, -0.1) is 0 Å². The van der Waals surface area contributed by atoms with Crippen LogP contribution in [-0.2, 0) is 11.3 Å². The van der Waals surface area contributed by atoms with Crippen LogP contribution < -0.4 is 10.6 Å². The summed E-state index contributed by atoms with van der Waals surface area (Å²) in [6, 6.07) is 1.75. The van der Waals surface area contributed by atoms with E-state index >= 15 is 0 Å². The molecule has 9 heteroatoms. The fourth-order valence-corrected chi connectivity index (χ4v) is 4.57. The number of hydrogen-bond donors (Lipinski definition) is 1. The lowest BCUT2D eigenvalue weighted by Crippen LogP contribution is -2.50. The molecule has 1 saturated carbocycles. The summed E-state index contributed by atoms with van der Waals surface area (Å²) in [4.78, 5) is 21.0. The Balaban J connectivity index is 1.52. The molecule has 6 nitrogen and oxygen atoms in total. The van der Waals surface area contributed by atoms with Gasteiger partial charge in [0, 0.05) is 37.8 Å². The van der Waals surface area contributed by atoms with Crippen molar-refractivity contribution in [3.05, 3.63) is 23.8 Å². The van der Waals surface area contributed by atoms with Crippen molar-refractivity contribution in [3.8, 4) is 0 Å². The van der Waals surface area contributed by atoms with E-state index in [9.17, 15) is 18.0 Å². The molecule has 0 radical (unpaired) electrons. The molecule has 1 aromatic carbocycles. The number of rotatable bonds is 3. The molecule has 4 atom stereocenters. The lowest BCUT2D eigenvalue weighted by atomic mass is 10.1. The van der Waals surface area contributed by atoms with Gasteiger partial charge in [0.2, 0.25) is 11.9 Å². The molecular formula is C19H22F3N5O. The van der Waals surface area contributed by atoms with Crippen molar-refractivity contribution in [2.24, 2.45) is 11.7 Å². The molecule has 3 heterocycles. The average molecular weight is 393 g/mol.